The topological polar surface area (TPSA) is 58.4 Å². The Kier molecular flexibility index (Phi) is 5.27. The molecule has 3 rings (SSSR count). The van der Waals surface area contributed by atoms with Gasteiger partial charge in [0.1, 0.15) is 0 Å². The second-order valence-electron chi connectivity index (χ2n) is 7.05. The molecule has 4 heteroatoms. The minimum atomic E-state index is -0.111. The Morgan fingerprint density at radius 1 is 1.04 bits per heavy atom. The summed E-state index contributed by atoms with van der Waals surface area (Å²) in [5, 5.41) is 2.94. The van der Waals surface area contributed by atoms with Crippen LogP contribution < -0.4 is 16.0 Å². The Morgan fingerprint density at radius 3 is 2.32 bits per heavy atom. The van der Waals surface area contributed by atoms with Gasteiger partial charge in [0, 0.05) is 24.3 Å². The van der Waals surface area contributed by atoms with Gasteiger partial charge in [0.05, 0.1) is 11.4 Å². The lowest BCUT2D eigenvalue weighted by Gasteiger charge is -2.30. The average Bonchev–Trinajstić information content (AvgIpc) is 2.62. The minimum absolute atomic E-state index is 0.111. The molecule has 25 heavy (non-hydrogen) atoms. The first kappa shape index (κ1) is 17.3. The molecular weight excluding hydrogens is 310 g/mol. The highest BCUT2D eigenvalue weighted by atomic mass is 16.1. The van der Waals surface area contributed by atoms with Crippen molar-refractivity contribution in [1.29, 1.82) is 0 Å². The van der Waals surface area contributed by atoms with Gasteiger partial charge in [-0.25, -0.2) is 0 Å². The molecular formula is C21H27N3O. The zero-order valence-electron chi connectivity index (χ0n) is 15.1. The van der Waals surface area contributed by atoms with E-state index in [1.54, 1.807) is 0 Å². The molecule has 0 bridgehead atoms. The van der Waals surface area contributed by atoms with Crippen molar-refractivity contribution in [3.05, 3.63) is 53.6 Å². The number of carbonyl (C=O) groups excluding carboxylic acids is 1. The molecule has 1 fully saturated rings. The Morgan fingerprint density at radius 2 is 1.72 bits per heavy atom. The first-order chi connectivity index (χ1) is 12.0. The van der Waals surface area contributed by atoms with Crippen LogP contribution in [0.3, 0.4) is 0 Å². The van der Waals surface area contributed by atoms with Crippen LogP contribution in [0.25, 0.3) is 0 Å². The highest BCUT2D eigenvalue weighted by Gasteiger charge is 2.14. The number of anilines is 3. The summed E-state index contributed by atoms with van der Waals surface area (Å²) < 4.78 is 0. The summed E-state index contributed by atoms with van der Waals surface area (Å²) in [6.45, 7) is 6.39. The molecule has 1 heterocycles. The van der Waals surface area contributed by atoms with Gasteiger partial charge in [-0.3, -0.25) is 4.79 Å². The standard InChI is InChI=1S/C21H27N3O/c1-15(2)16-6-8-17(9-7-16)21(25)23-18-10-11-20(19(22)14-18)24-12-4-3-5-13-24/h6-11,14-15H,3-5,12-13,22H2,1-2H3,(H,23,25). The monoisotopic (exact) mass is 337 g/mol. The molecule has 4 nitrogen and oxygen atoms in total. The van der Waals surface area contributed by atoms with Crippen LogP contribution in [0.2, 0.25) is 0 Å². The second kappa shape index (κ2) is 7.60. The van der Waals surface area contributed by atoms with Crippen LogP contribution in [0.4, 0.5) is 17.1 Å². The predicted octanol–water partition coefficient (Wildman–Crippen LogP) is 4.63. The molecule has 132 valence electrons. The van der Waals surface area contributed by atoms with E-state index in [0.29, 0.717) is 11.5 Å². The highest BCUT2D eigenvalue weighted by molar-refractivity contribution is 6.04. The van der Waals surface area contributed by atoms with Crippen molar-refractivity contribution in [2.75, 3.05) is 29.0 Å². The zero-order valence-corrected chi connectivity index (χ0v) is 15.1. The number of rotatable bonds is 4. The number of nitrogens with one attached hydrogen (secondary N) is 1. The molecule has 2 aromatic carbocycles. The van der Waals surface area contributed by atoms with Crippen LogP contribution in [0, 0.1) is 0 Å². The van der Waals surface area contributed by atoms with Gasteiger partial charge in [-0.15, -0.1) is 0 Å². The van der Waals surface area contributed by atoms with Gasteiger partial charge < -0.3 is 16.0 Å². The molecule has 0 saturated carbocycles. The molecule has 0 radical (unpaired) electrons. The van der Waals surface area contributed by atoms with Crippen molar-refractivity contribution in [2.45, 2.75) is 39.0 Å². The molecule has 0 aromatic heterocycles. The number of piperidine rings is 1. The third kappa shape index (κ3) is 4.13. The van der Waals surface area contributed by atoms with Crippen molar-refractivity contribution < 1.29 is 4.79 Å². The molecule has 2 aromatic rings. The maximum Gasteiger partial charge on any atom is 0.255 e. The zero-order chi connectivity index (χ0) is 17.8. The van der Waals surface area contributed by atoms with Crippen molar-refractivity contribution in [3.8, 4) is 0 Å². The lowest BCUT2D eigenvalue weighted by atomic mass is 10.0. The minimum Gasteiger partial charge on any atom is -0.397 e. The summed E-state index contributed by atoms with van der Waals surface area (Å²) in [6, 6.07) is 13.6. The van der Waals surface area contributed by atoms with Gasteiger partial charge in [0.25, 0.3) is 5.91 Å². The van der Waals surface area contributed by atoms with E-state index in [4.69, 9.17) is 5.73 Å². The summed E-state index contributed by atoms with van der Waals surface area (Å²) in [6.07, 6.45) is 3.72. The molecule has 1 saturated heterocycles. The number of hydrogen-bond donors (Lipinski definition) is 2. The lowest BCUT2D eigenvalue weighted by molar-refractivity contribution is 0.102. The van der Waals surface area contributed by atoms with Crippen LogP contribution in [0.5, 0.6) is 0 Å². The molecule has 3 N–H and O–H groups in total. The van der Waals surface area contributed by atoms with Crippen LogP contribution in [0.1, 0.15) is 54.9 Å². The molecule has 0 spiro atoms. The Hall–Kier alpha value is -2.49. The van der Waals surface area contributed by atoms with Crippen LogP contribution in [-0.4, -0.2) is 19.0 Å². The SMILES string of the molecule is CC(C)c1ccc(C(=O)Nc2ccc(N3CCCCC3)c(N)c2)cc1. The Balaban J connectivity index is 1.69. The van der Waals surface area contributed by atoms with E-state index >= 15 is 0 Å². The number of nitrogens with zero attached hydrogens (tertiary/aromatic N) is 1. The number of carbonyl (C=O) groups is 1. The summed E-state index contributed by atoms with van der Waals surface area (Å²) in [4.78, 5) is 14.8. The van der Waals surface area contributed by atoms with Crippen molar-refractivity contribution >= 4 is 23.0 Å². The lowest BCUT2D eigenvalue weighted by Crippen LogP contribution is -2.30. The van der Waals surface area contributed by atoms with E-state index < -0.39 is 0 Å². The molecule has 0 atom stereocenters. The Labute approximate surface area is 150 Å². The molecule has 1 aliphatic heterocycles. The smallest absolute Gasteiger partial charge is 0.255 e. The van der Waals surface area contributed by atoms with E-state index in [2.05, 4.69) is 24.1 Å². The van der Waals surface area contributed by atoms with Gasteiger partial charge in [0.15, 0.2) is 0 Å². The third-order valence-electron chi connectivity index (χ3n) is 4.82. The van der Waals surface area contributed by atoms with E-state index in [1.807, 2.05) is 42.5 Å². The second-order valence-corrected chi connectivity index (χ2v) is 7.05. The number of benzene rings is 2. The van der Waals surface area contributed by atoms with Crippen molar-refractivity contribution in [3.63, 3.8) is 0 Å². The quantitative estimate of drug-likeness (QED) is 0.799. The van der Waals surface area contributed by atoms with Gasteiger partial charge in [-0.2, -0.15) is 0 Å². The van der Waals surface area contributed by atoms with E-state index in [1.165, 1.54) is 24.8 Å². The summed E-state index contributed by atoms with van der Waals surface area (Å²) in [5.41, 5.74) is 10.6. The van der Waals surface area contributed by atoms with E-state index in [-0.39, 0.29) is 5.91 Å². The Bertz CT molecular complexity index is 731. The number of amides is 1. The first-order valence-electron chi connectivity index (χ1n) is 9.10. The third-order valence-corrected chi connectivity index (χ3v) is 4.82. The fraction of sp³-hybridized carbons (Fsp3) is 0.381. The van der Waals surface area contributed by atoms with Gasteiger partial charge in [-0.05, 0) is 61.1 Å². The van der Waals surface area contributed by atoms with Crippen molar-refractivity contribution in [2.24, 2.45) is 0 Å². The summed E-state index contributed by atoms with van der Waals surface area (Å²) in [5.74, 6) is 0.347. The summed E-state index contributed by atoms with van der Waals surface area (Å²) >= 11 is 0. The average molecular weight is 337 g/mol. The fourth-order valence-corrected chi connectivity index (χ4v) is 3.28. The number of nitrogens with two attached hydrogens (primary N) is 1. The van der Waals surface area contributed by atoms with Crippen LogP contribution in [-0.2, 0) is 0 Å². The maximum absolute atomic E-state index is 12.4. The van der Waals surface area contributed by atoms with Crippen LogP contribution in [0.15, 0.2) is 42.5 Å². The van der Waals surface area contributed by atoms with Gasteiger partial charge in [-0.1, -0.05) is 26.0 Å². The predicted molar refractivity (Wildman–Crippen MR) is 105 cm³/mol. The maximum atomic E-state index is 12.4. The first-order valence-corrected chi connectivity index (χ1v) is 9.10. The highest BCUT2D eigenvalue weighted by Crippen LogP contribution is 2.29. The molecule has 0 aliphatic carbocycles. The van der Waals surface area contributed by atoms with Crippen molar-refractivity contribution in [1.82, 2.24) is 0 Å². The number of nitrogen functional groups attached to an aromatic ring is 1. The van der Waals surface area contributed by atoms with Gasteiger partial charge in [0.2, 0.25) is 0 Å². The van der Waals surface area contributed by atoms with Gasteiger partial charge >= 0.3 is 0 Å². The molecule has 1 aliphatic rings. The van der Waals surface area contributed by atoms with E-state index in [0.717, 1.165) is 30.2 Å². The van der Waals surface area contributed by atoms with Crippen LogP contribution >= 0.6 is 0 Å². The number of hydrogen-bond acceptors (Lipinski definition) is 3. The normalized spacial score (nSPS) is 14.6. The largest absolute Gasteiger partial charge is 0.397 e. The van der Waals surface area contributed by atoms with E-state index in [9.17, 15) is 4.79 Å². The molecule has 0 unspecified atom stereocenters. The fourth-order valence-electron chi connectivity index (χ4n) is 3.28. The molecule has 1 amide bonds. The summed E-state index contributed by atoms with van der Waals surface area (Å²) in [7, 11) is 0.